The predicted molar refractivity (Wildman–Crippen MR) is 123 cm³/mol. The van der Waals surface area contributed by atoms with Crippen molar-refractivity contribution in [1.29, 1.82) is 0 Å². The van der Waals surface area contributed by atoms with Crippen molar-refractivity contribution in [2.45, 2.75) is 0 Å². The summed E-state index contributed by atoms with van der Waals surface area (Å²) in [5.41, 5.74) is 3.59. The molecule has 1 aromatic heterocycles. The molecule has 0 fully saturated rings. The zero-order valence-electron chi connectivity index (χ0n) is 16.0. The van der Waals surface area contributed by atoms with E-state index in [1.54, 1.807) is 0 Å². The molecule has 0 spiro atoms. The van der Waals surface area contributed by atoms with Crippen LogP contribution in [0.1, 0.15) is 0 Å². The molecule has 0 bridgehead atoms. The predicted octanol–water partition coefficient (Wildman–Crippen LogP) is 6.46. The Morgan fingerprint density at radius 2 is 1.30 bits per heavy atom. The van der Waals surface area contributed by atoms with Gasteiger partial charge in [0.05, 0.1) is 0 Å². The van der Waals surface area contributed by atoms with E-state index in [4.69, 9.17) is 9.07 Å². The summed E-state index contributed by atoms with van der Waals surface area (Å²) >= 11 is 0. The first-order valence-electron chi connectivity index (χ1n) is 9.83. The Morgan fingerprint density at radius 1 is 0.633 bits per heavy atom. The molecule has 5 aromatic carbocycles. The quantitative estimate of drug-likeness (QED) is 0.354. The monoisotopic (exact) mass is 387 g/mol. The van der Waals surface area contributed by atoms with Gasteiger partial charge in [0.1, 0.15) is 11.3 Å². The molecule has 0 aliphatic carbocycles. The van der Waals surface area contributed by atoms with E-state index in [0.717, 1.165) is 38.3 Å². The Bertz CT molecular complexity index is 1560. The van der Waals surface area contributed by atoms with E-state index in [0.29, 0.717) is 19.0 Å². The Morgan fingerprint density at radius 3 is 2.17 bits per heavy atom. The summed E-state index contributed by atoms with van der Waals surface area (Å²) in [6, 6.07) is 30.9. The van der Waals surface area contributed by atoms with Gasteiger partial charge in [0.15, 0.2) is 5.58 Å². The van der Waals surface area contributed by atoms with Gasteiger partial charge >= 0.3 is 7.69 Å². The third-order valence-electron chi connectivity index (χ3n) is 5.72. The number of furan rings is 1. The van der Waals surface area contributed by atoms with Crippen LogP contribution in [0.5, 0.6) is 5.75 Å². The Balaban J connectivity index is 1.77. The topological polar surface area (TPSA) is 42.6 Å². The molecule has 1 radical (unpaired) electrons. The highest BCUT2D eigenvalue weighted by Crippen LogP contribution is 2.44. The van der Waals surface area contributed by atoms with Gasteiger partial charge < -0.3 is 14.1 Å². The van der Waals surface area contributed by atoms with Crippen LogP contribution in [-0.2, 0) is 0 Å². The van der Waals surface area contributed by atoms with Gasteiger partial charge in [0.2, 0.25) is 0 Å². The summed E-state index contributed by atoms with van der Waals surface area (Å²) in [7, 11) is 0.697. The molecule has 1 N–H and O–H groups in total. The molecule has 1 heterocycles. The van der Waals surface area contributed by atoms with Gasteiger partial charge in [-0.25, -0.2) is 0 Å². The molecule has 0 aliphatic rings. The van der Waals surface area contributed by atoms with Crippen LogP contribution >= 0.6 is 0 Å². The molecule has 0 atom stereocenters. The van der Waals surface area contributed by atoms with Crippen molar-refractivity contribution in [1.82, 2.24) is 0 Å². The van der Waals surface area contributed by atoms with E-state index in [9.17, 15) is 5.02 Å². The van der Waals surface area contributed by atoms with Crippen molar-refractivity contribution in [3.8, 4) is 16.9 Å². The molecule has 30 heavy (non-hydrogen) atoms. The Labute approximate surface area is 173 Å². The van der Waals surface area contributed by atoms with Crippen LogP contribution in [0.25, 0.3) is 54.6 Å². The van der Waals surface area contributed by atoms with Gasteiger partial charge in [-0.2, -0.15) is 0 Å². The largest absolute Gasteiger partial charge is 0.569 e. The molecule has 0 saturated carbocycles. The molecule has 141 valence electrons. The van der Waals surface area contributed by atoms with Gasteiger partial charge in [0, 0.05) is 16.3 Å². The lowest BCUT2D eigenvalue weighted by atomic mass is 9.96. The molecule has 0 unspecified atom stereocenters. The maximum Gasteiger partial charge on any atom is 0.569 e. The normalized spacial score (nSPS) is 11.5. The zero-order valence-corrected chi connectivity index (χ0v) is 16.0. The van der Waals surface area contributed by atoms with Crippen LogP contribution in [0.4, 0.5) is 0 Å². The van der Waals surface area contributed by atoms with Crippen LogP contribution in [0.2, 0.25) is 0 Å². The second-order valence-electron chi connectivity index (χ2n) is 7.33. The smallest absolute Gasteiger partial charge is 0.535 e. The Hall–Kier alpha value is -3.76. The van der Waals surface area contributed by atoms with Gasteiger partial charge in [-0.15, -0.1) is 0 Å². The van der Waals surface area contributed by atoms with E-state index in [1.807, 2.05) is 24.3 Å². The van der Waals surface area contributed by atoms with Gasteiger partial charge in [-0.1, -0.05) is 84.9 Å². The van der Waals surface area contributed by atoms with E-state index < -0.39 is 0 Å². The lowest BCUT2D eigenvalue weighted by Gasteiger charge is -2.07. The fraction of sp³-hybridized carbons (Fsp3) is 0. The number of fused-ring (bicyclic) bond motifs is 6. The van der Waals surface area contributed by atoms with Crippen molar-refractivity contribution in [3.05, 3.63) is 91.0 Å². The van der Waals surface area contributed by atoms with E-state index >= 15 is 0 Å². The summed E-state index contributed by atoms with van der Waals surface area (Å²) in [6.45, 7) is 0. The average Bonchev–Trinajstić information content (AvgIpc) is 3.19. The van der Waals surface area contributed by atoms with Crippen LogP contribution in [-0.4, -0.2) is 12.7 Å². The molecule has 6 rings (SSSR count). The fourth-order valence-electron chi connectivity index (χ4n) is 4.43. The maximum absolute atomic E-state index is 9.29. The number of hydrogen-bond acceptors (Lipinski definition) is 3. The van der Waals surface area contributed by atoms with Crippen LogP contribution in [0.15, 0.2) is 95.4 Å². The van der Waals surface area contributed by atoms with Gasteiger partial charge in [-0.05, 0) is 33.2 Å². The minimum atomic E-state index is 0.492. The SMILES string of the molecule is O[B]Oc1cc2ccccc2c2c1oc1c(-c3cccc4ccccc34)cccc12. The molecule has 4 heteroatoms. The summed E-state index contributed by atoms with van der Waals surface area (Å²) < 4.78 is 11.8. The maximum atomic E-state index is 9.29. The summed E-state index contributed by atoms with van der Waals surface area (Å²) in [5, 5.41) is 15.8. The second-order valence-corrected chi connectivity index (χ2v) is 7.33. The van der Waals surface area contributed by atoms with Crippen LogP contribution in [0.3, 0.4) is 0 Å². The van der Waals surface area contributed by atoms with E-state index in [2.05, 4.69) is 66.7 Å². The first-order chi connectivity index (χ1) is 14.8. The minimum Gasteiger partial charge on any atom is -0.535 e. The first-order valence-corrected chi connectivity index (χ1v) is 9.83. The molecule has 0 saturated heterocycles. The molecule has 3 nitrogen and oxygen atoms in total. The van der Waals surface area contributed by atoms with Crippen molar-refractivity contribution in [2.24, 2.45) is 0 Å². The number of hydrogen-bond donors (Lipinski definition) is 1. The lowest BCUT2D eigenvalue weighted by molar-refractivity contribution is 0.451. The summed E-state index contributed by atoms with van der Waals surface area (Å²) in [5.74, 6) is 0.492. The number of rotatable bonds is 3. The van der Waals surface area contributed by atoms with Crippen LogP contribution in [0, 0.1) is 0 Å². The Kier molecular flexibility index (Phi) is 3.80. The average molecular weight is 387 g/mol. The van der Waals surface area contributed by atoms with Crippen molar-refractivity contribution in [2.75, 3.05) is 0 Å². The highest BCUT2D eigenvalue weighted by atomic mass is 16.5. The van der Waals surface area contributed by atoms with E-state index in [-0.39, 0.29) is 0 Å². The van der Waals surface area contributed by atoms with Crippen molar-refractivity contribution < 1.29 is 14.1 Å². The molecule has 6 aromatic rings. The molecule has 0 amide bonds. The standard InChI is InChI=1S/C26H16BO3/c28-27-30-23-15-17-8-2-4-11-19(17)24-22-14-6-13-21(25(22)29-26(23)24)20-12-5-9-16-7-1-3-10-18(16)20/h1-15,28H. The summed E-state index contributed by atoms with van der Waals surface area (Å²) in [6.07, 6.45) is 0. The van der Waals surface area contributed by atoms with Crippen molar-refractivity contribution in [3.63, 3.8) is 0 Å². The highest BCUT2D eigenvalue weighted by Gasteiger charge is 2.19. The highest BCUT2D eigenvalue weighted by molar-refractivity contribution is 6.24. The molecule has 0 aliphatic heterocycles. The third-order valence-corrected chi connectivity index (χ3v) is 5.72. The summed E-state index contributed by atoms with van der Waals surface area (Å²) in [4.78, 5) is 0. The minimum absolute atomic E-state index is 0.492. The number of para-hydroxylation sites is 1. The lowest BCUT2D eigenvalue weighted by Crippen LogP contribution is -1.99. The second kappa shape index (κ2) is 6.65. The molecular weight excluding hydrogens is 371 g/mol. The molecular formula is C26H16BO3. The van der Waals surface area contributed by atoms with Crippen LogP contribution < -0.4 is 4.65 Å². The van der Waals surface area contributed by atoms with Gasteiger partial charge in [0.25, 0.3) is 0 Å². The van der Waals surface area contributed by atoms with Crippen molar-refractivity contribution >= 4 is 51.2 Å². The van der Waals surface area contributed by atoms with E-state index in [1.165, 1.54) is 10.8 Å². The first kappa shape index (κ1) is 17.1. The fourth-order valence-corrected chi connectivity index (χ4v) is 4.43. The third kappa shape index (κ3) is 2.44. The zero-order chi connectivity index (χ0) is 20.1. The van der Waals surface area contributed by atoms with Gasteiger partial charge in [-0.3, -0.25) is 0 Å². The number of benzene rings is 5.